The molecule has 2 rings (SSSR count). The summed E-state index contributed by atoms with van der Waals surface area (Å²) >= 11 is 0. The number of carboxylic acids is 1. The molecule has 1 heterocycles. The van der Waals surface area contributed by atoms with Gasteiger partial charge in [0.2, 0.25) is 0 Å². The molecule has 1 saturated heterocycles. The van der Waals surface area contributed by atoms with E-state index in [9.17, 15) is 24.3 Å². The second-order valence-electron chi connectivity index (χ2n) is 7.15. The van der Waals surface area contributed by atoms with Gasteiger partial charge in [-0.1, -0.05) is 69.4 Å². The standard InChI is InChI=1S/C21H29N3O5/c1-2-3-4-5-6-10-13-23-14-15-24(19(26)18(23)25)21(29)22-17(20(27)28)16-11-8-7-9-12-16/h7-9,11-12,17H,2-6,10,13-15H2,1H3,(H,22,29)(H,27,28). The van der Waals surface area contributed by atoms with Gasteiger partial charge >= 0.3 is 23.8 Å². The lowest BCUT2D eigenvalue weighted by molar-refractivity contribution is -0.153. The van der Waals surface area contributed by atoms with Gasteiger partial charge in [-0.05, 0) is 12.0 Å². The van der Waals surface area contributed by atoms with E-state index in [0.717, 1.165) is 24.2 Å². The Bertz CT molecular complexity index is 722. The third-order valence-electron chi connectivity index (χ3n) is 4.98. The van der Waals surface area contributed by atoms with E-state index < -0.39 is 29.9 Å². The monoisotopic (exact) mass is 403 g/mol. The number of nitrogens with one attached hydrogen (secondary N) is 1. The van der Waals surface area contributed by atoms with Crippen molar-refractivity contribution in [2.24, 2.45) is 0 Å². The van der Waals surface area contributed by atoms with E-state index >= 15 is 0 Å². The molecule has 0 radical (unpaired) electrons. The lowest BCUT2D eigenvalue weighted by Crippen LogP contribution is -2.58. The van der Waals surface area contributed by atoms with Gasteiger partial charge in [0.25, 0.3) is 0 Å². The van der Waals surface area contributed by atoms with E-state index in [4.69, 9.17) is 0 Å². The highest BCUT2D eigenvalue weighted by molar-refractivity contribution is 6.38. The second kappa shape index (κ2) is 11.2. The molecule has 1 atom stereocenters. The maximum atomic E-state index is 12.5. The number of aliphatic carboxylic acids is 1. The van der Waals surface area contributed by atoms with Gasteiger partial charge in [0.05, 0.1) is 0 Å². The molecule has 8 nitrogen and oxygen atoms in total. The van der Waals surface area contributed by atoms with E-state index in [1.54, 1.807) is 30.3 Å². The summed E-state index contributed by atoms with van der Waals surface area (Å²) in [7, 11) is 0. The quantitative estimate of drug-likeness (QED) is 0.461. The molecule has 2 N–H and O–H groups in total. The summed E-state index contributed by atoms with van der Waals surface area (Å²) in [6.07, 6.45) is 6.47. The van der Waals surface area contributed by atoms with Crippen LogP contribution in [0.5, 0.6) is 0 Å². The molecule has 0 aromatic heterocycles. The fourth-order valence-corrected chi connectivity index (χ4v) is 3.30. The molecule has 158 valence electrons. The van der Waals surface area contributed by atoms with Crippen LogP contribution in [0, 0.1) is 0 Å². The molecule has 0 bridgehead atoms. The Kier molecular flexibility index (Phi) is 8.64. The fraction of sp³-hybridized carbons (Fsp3) is 0.524. The predicted molar refractivity (Wildman–Crippen MR) is 107 cm³/mol. The molecule has 1 fully saturated rings. The van der Waals surface area contributed by atoms with Gasteiger partial charge in [-0.25, -0.2) is 9.59 Å². The van der Waals surface area contributed by atoms with Crippen LogP contribution in [0.25, 0.3) is 0 Å². The lowest BCUT2D eigenvalue weighted by Gasteiger charge is -2.33. The van der Waals surface area contributed by atoms with Gasteiger partial charge in [-0.2, -0.15) is 0 Å². The van der Waals surface area contributed by atoms with Gasteiger partial charge in [0.1, 0.15) is 0 Å². The van der Waals surface area contributed by atoms with Crippen LogP contribution in [-0.2, 0) is 14.4 Å². The highest BCUT2D eigenvalue weighted by atomic mass is 16.4. The first-order chi connectivity index (χ1) is 14.0. The van der Waals surface area contributed by atoms with E-state index in [0.29, 0.717) is 12.1 Å². The van der Waals surface area contributed by atoms with Gasteiger partial charge in [-0.3, -0.25) is 14.5 Å². The smallest absolute Gasteiger partial charge is 0.330 e. The normalized spacial score (nSPS) is 15.3. The number of carboxylic acid groups (broad SMARTS) is 1. The zero-order valence-corrected chi connectivity index (χ0v) is 16.8. The highest BCUT2D eigenvalue weighted by Gasteiger charge is 2.37. The average Bonchev–Trinajstić information content (AvgIpc) is 2.72. The van der Waals surface area contributed by atoms with Crippen LogP contribution in [-0.4, -0.2) is 58.4 Å². The molecule has 0 aliphatic carbocycles. The summed E-state index contributed by atoms with van der Waals surface area (Å²) < 4.78 is 0. The maximum Gasteiger partial charge on any atom is 0.330 e. The number of carbonyl (C=O) groups is 4. The van der Waals surface area contributed by atoms with Crippen molar-refractivity contribution >= 4 is 23.8 Å². The van der Waals surface area contributed by atoms with Crippen LogP contribution in [0.4, 0.5) is 4.79 Å². The summed E-state index contributed by atoms with van der Waals surface area (Å²) in [5.74, 6) is -2.88. The van der Waals surface area contributed by atoms with Crippen molar-refractivity contribution in [1.29, 1.82) is 0 Å². The Morgan fingerprint density at radius 1 is 1.00 bits per heavy atom. The van der Waals surface area contributed by atoms with Crippen molar-refractivity contribution in [3.8, 4) is 0 Å². The average molecular weight is 403 g/mol. The number of nitrogens with zero attached hydrogens (tertiary/aromatic N) is 2. The molecular formula is C21H29N3O5. The summed E-state index contributed by atoms with van der Waals surface area (Å²) in [5, 5.41) is 11.8. The van der Waals surface area contributed by atoms with Gasteiger partial charge < -0.3 is 15.3 Å². The minimum Gasteiger partial charge on any atom is -0.479 e. The molecule has 0 saturated carbocycles. The molecule has 0 spiro atoms. The number of urea groups is 1. The van der Waals surface area contributed by atoms with Crippen LogP contribution in [0.15, 0.2) is 30.3 Å². The summed E-state index contributed by atoms with van der Waals surface area (Å²) in [5.41, 5.74) is 0.383. The number of amides is 4. The van der Waals surface area contributed by atoms with E-state index in [2.05, 4.69) is 12.2 Å². The molecule has 1 unspecified atom stereocenters. The molecule has 1 aliphatic rings. The van der Waals surface area contributed by atoms with E-state index in [-0.39, 0.29) is 13.1 Å². The molecule has 4 amide bonds. The van der Waals surface area contributed by atoms with Crippen LogP contribution in [0.3, 0.4) is 0 Å². The van der Waals surface area contributed by atoms with Crippen molar-refractivity contribution in [2.45, 2.75) is 51.5 Å². The Hall–Kier alpha value is -2.90. The lowest BCUT2D eigenvalue weighted by atomic mass is 10.1. The first kappa shape index (κ1) is 22.4. The Morgan fingerprint density at radius 2 is 1.66 bits per heavy atom. The van der Waals surface area contributed by atoms with Crippen molar-refractivity contribution < 1.29 is 24.3 Å². The number of unbranched alkanes of at least 4 members (excludes halogenated alkanes) is 5. The van der Waals surface area contributed by atoms with Crippen molar-refractivity contribution in [2.75, 3.05) is 19.6 Å². The van der Waals surface area contributed by atoms with Crippen molar-refractivity contribution in [3.63, 3.8) is 0 Å². The zero-order valence-electron chi connectivity index (χ0n) is 16.8. The van der Waals surface area contributed by atoms with Crippen LogP contribution < -0.4 is 5.32 Å². The number of benzene rings is 1. The molecule has 8 heteroatoms. The molecule has 1 aromatic rings. The predicted octanol–water partition coefficient (Wildman–Crippen LogP) is 2.55. The summed E-state index contributed by atoms with van der Waals surface area (Å²) in [4.78, 5) is 51.0. The van der Waals surface area contributed by atoms with Gasteiger partial charge in [0, 0.05) is 19.6 Å². The second-order valence-corrected chi connectivity index (χ2v) is 7.15. The number of hydrogen-bond donors (Lipinski definition) is 2. The fourth-order valence-electron chi connectivity index (χ4n) is 3.30. The van der Waals surface area contributed by atoms with E-state index in [1.807, 2.05) is 0 Å². The van der Waals surface area contributed by atoms with Gasteiger partial charge in [0.15, 0.2) is 6.04 Å². The molecule has 29 heavy (non-hydrogen) atoms. The SMILES string of the molecule is CCCCCCCCN1CCN(C(=O)NC(C(=O)O)c2ccccc2)C(=O)C1=O. The largest absolute Gasteiger partial charge is 0.479 e. The van der Waals surface area contributed by atoms with Crippen LogP contribution >= 0.6 is 0 Å². The molecule has 1 aromatic carbocycles. The van der Waals surface area contributed by atoms with Crippen molar-refractivity contribution in [1.82, 2.24) is 15.1 Å². The zero-order chi connectivity index (χ0) is 21.2. The minimum absolute atomic E-state index is 0.0490. The first-order valence-corrected chi connectivity index (χ1v) is 10.1. The topological polar surface area (TPSA) is 107 Å². The van der Waals surface area contributed by atoms with Crippen LogP contribution in [0.2, 0.25) is 0 Å². The van der Waals surface area contributed by atoms with Gasteiger partial charge in [-0.15, -0.1) is 0 Å². The number of piperazine rings is 1. The maximum absolute atomic E-state index is 12.5. The Balaban J connectivity index is 1.89. The molecular weight excluding hydrogens is 374 g/mol. The number of carbonyl (C=O) groups excluding carboxylic acids is 3. The first-order valence-electron chi connectivity index (χ1n) is 10.1. The number of hydrogen-bond acceptors (Lipinski definition) is 4. The van der Waals surface area contributed by atoms with Crippen LogP contribution in [0.1, 0.15) is 57.1 Å². The number of rotatable bonds is 10. The minimum atomic E-state index is -1.30. The Labute approximate surface area is 170 Å². The third kappa shape index (κ3) is 6.30. The highest BCUT2D eigenvalue weighted by Crippen LogP contribution is 2.15. The number of imide groups is 1. The molecule has 1 aliphatic heterocycles. The Morgan fingerprint density at radius 3 is 2.31 bits per heavy atom. The van der Waals surface area contributed by atoms with E-state index in [1.165, 1.54) is 24.2 Å². The van der Waals surface area contributed by atoms with Crippen molar-refractivity contribution in [3.05, 3.63) is 35.9 Å². The summed E-state index contributed by atoms with van der Waals surface area (Å²) in [6.45, 7) is 2.95. The third-order valence-corrected chi connectivity index (χ3v) is 4.98. The summed E-state index contributed by atoms with van der Waals surface area (Å²) in [6, 6.07) is 6.02.